The van der Waals surface area contributed by atoms with Crippen LogP contribution in [-0.4, -0.2) is 31.0 Å². The van der Waals surface area contributed by atoms with Gasteiger partial charge in [-0.15, -0.1) is 0 Å². The fraction of sp³-hybridized carbons (Fsp3) is 0.714. The van der Waals surface area contributed by atoms with Gasteiger partial charge in [0.05, 0.1) is 31.1 Å². The van der Waals surface area contributed by atoms with Crippen LogP contribution < -0.4 is 5.32 Å². The third-order valence-electron chi connectivity index (χ3n) is 4.32. The summed E-state index contributed by atoms with van der Waals surface area (Å²) in [7, 11) is 0. The Morgan fingerprint density at radius 2 is 2.11 bits per heavy atom. The lowest BCUT2D eigenvalue weighted by Gasteiger charge is -2.48. The van der Waals surface area contributed by atoms with Crippen LogP contribution >= 0.6 is 0 Å². The summed E-state index contributed by atoms with van der Waals surface area (Å²) in [6.45, 7) is 8.56. The molecule has 18 heavy (non-hydrogen) atoms. The SMILES string of the molecule is Cc1cc(C2NCCOC23CCOC3(C)C)co1. The smallest absolute Gasteiger partial charge is 0.118 e. The fourth-order valence-electron chi connectivity index (χ4n) is 3.31. The third kappa shape index (κ3) is 1.63. The molecule has 2 aliphatic heterocycles. The van der Waals surface area contributed by atoms with E-state index < -0.39 is 0 Å². The standard InChI is InChI=1S/C14H21NO3/c1-10-8-11(9-16-10)12-14(18-7-5-15-12)4-6-17-13(14,2)3/h8-9,12,15H,4-7H2,1-3H3. The van der Waals surface area contributed by atoms with Crippen LogP contribution in [0.3, 0.4) is 0 Å². The molecule has 1 N–H and O–H groups in total. The first-order valence-electron chi connectivity index (χ1n) is 6.61. The predicted molar refractivity (Wildman–Crippen MR) is 67.5 cm³/mol. The van der Waals surface area contributed by atoms with E-state index in [0.29, 0.717) is 0 Å². The van der Waals surface area contributed by atoms with Crippen molar-refractivity contribution in [3.8, 4) is 0 Å². The Kier molecular flexibility index (Phi) is 2.77. The number of nitrogens with one attached hydrogen (secondary N) is 1. The molecule has 0 aliphatic carbocycles. The van der Waals surface area contributed by atoms with Crippen molar-refractivity contribution < 1.29 is 13.9 Å². The summed E-state index contributed by atoms with van der Waals surface area (Å²) in [6, 6.07) is 2.23. The summed E-state index contributed by atoms with van der Waals surface area (Å²) in [6.07, 6.45) is 2.75. The van der Waals surface area contributed by atoms with E-state index in [2.05, 4.69) is 25.2 Å². The Morgan fingerprint density at radius 1 is 1.28 bits per heavy atom. The molecule has 100 valence electrons. The molecule has 3 rings (SSSR count). The lowest BCUT2D eigenvalue weighted by molar-refractivity contribution is -0.172. The number of furan rings is 1. The molecule has 1 spiro atoms. The first kappa shape index (κ1) is 12.2. The van der Waals surface area contributed by atoms with Gasteiger partial charge in [0.25, 0.3) is 0 Å². The van der Waals surface area contributed by atoms with Crippen LogP contribution in [0.4, 0.5) is 0 Å². The third-order valence-corrected chi connectivity index (χ3v) is 4.32. The summed E-state index contributed by atoms with van der Waals surface area (Å²) in [5.41, 5.74) is 0.587. The minimum absolute atomic E-state index is 0.140. The highest BCUT2D eigenvalue weighted by atomic mass is 16.6. The van der Waals surface area contributed by atoms with Crippen molar-refractivity contribution in [3.63, 3.8) is 0 Å². The predicted octanol–water partition coefficient (Wildman–Crippen LogP) is 2.19. The quantitative estimate of drug-likeness (QED) is 0.831. The molecular formula is C14H21NO3. The van der Waals surface area contributed by atoms with E-state index in [-0.39, 0.29) is 17.2 Å². The van der Waals surface area contributed by atoms with E-state index in [9.17, 15) is 0 Å². The summed E-state index contributed by atoms with van der Waals surface area (Å²) >= 11 is 0. The Labute approximate surface area is 108 Å². The lowest BCUT2D eigenvalue weighted by Crippen LogP contribution is -2.60. The summed E-state index contributed by atoms with van der Waals surface area (Å²) in [5.74, 6) is 0.934. The molecule has 2 saturated heterocycles. The van der Waals surface area contributed by atoms with Gasteiger partial charge in [-0.2, -0.15) is 0 Å². The highest BCUT2D eigenvalue weighted by Crippen LogP contribution is 2.48. The van der Waals surface area contributed by atoms with Gasteiger partial charge in [-0.1, -0.05) is 0 Å². The summed E-state index contributed by atoms with van der Waals surface area (Å²) < 4.78 is 17.5. The van der Waals surface area contributed by atoms with Gasteiger partial charge in [0, 0.05) is 18.5 Å². The molecule has 0 bridgehead atoms. The molecule has 0 amide bonds. The van der Waals surface area contributed by atoms with Gasteiger partial charge in [0.15, 0.2) is 0 Å². The number of rotatable bonds is 1. The minimum atomic E-state index is -0.290. The van der Waals surface area contributed by atoms with Gasteiger partial charge in [-0.3, -0.25) is 0 Å². The van der Waals surface area contributed by atoms with E-state index in [0.717, 1.165) is 37.5 Å². The van der Waals surface area contributed by atoms with Crippen molar-refractivity contribution in [3.05, 3.63) is 23.7 Å². The fourth-order valence-corrected chi connectivity index (χ4v) is 3.31. The largest absolute Gasteiger partial charge is 0.469 e. The van der Waals surface area contributed by atoms with Crippen LogP contribution in [0.1, 0.15) is 37.6 Å². The molecule has 2 atom stereocenters. The van der Waals surface area contributed by atoms with Crippen molar-refractivity contribution in [1.82, 2.24) is 5.32 Å². The topological polar surface area (TPSA) is 43.6 Å². The molecule has 2 fully saturated rings. The average molecular weight is 251 g/mol. The molecule has 3 heterocycles. The van der Waals surface area contributed by atoms with Crippen molar-refractivity contribution in [1.29, 1.82) is 0 Å². The molecule has 0 saturated carbocycles. The second-order valence-electron chi connectivity index (χ2n) is 5.72. The lowest BCUT2D eigenvalue weighted by atomic mass is 9.76. The van der Waals surface area contributed by atoms with E-state index in [1.165, 1.54) is 0 Å². The maximum absolute atomic E-state index is 6.19. The summed E-state index contributed by atoms with van der Waals surface area (Å²) in [5, 5.41) is 3.57. The molecule has 4 heteroatoms. The van der Waals surface area contributed by atoms with E-state index in [4.69, 9.17) is 13.9 Å². The maximum Gasteiger partial charge on any atom is 0.118 e. The van der Waals surface area contributed by atoms with Crippen molar-refractivity contribution >= 4 is 0 Å². The van der Waals surface area contributed by atoms with Crippen LogP contribution in [0.15, 0.2) is 16.7 Å². The van der Waals surface area contributed by atoms with Gasteiger partial charge in [0.2, 0.25) is 0 Å². The van der Waals surface area contributed by atoms with Crippen molar-refractivity contribution in [2.24, 2.45) is 0 Å². The highest BCUT2D eigenvalue weighted by Gasteiger charge is 2.58. The molecule has 1 aromatic rings. The molecule has 0 radical (unpaired) electrons. The number of aryl methyl sites for hydroxylation is 1. The Hall–Kier alpha value is -0.840. The normalized spacial score (nSPS) is 35.2. The van der Waals surface area contributed by atoms with E-state index in [1.54, 1.807) is 0 Å². The van der Waals surface area contributed by atoms with Crippen molar-refractivity contribution in [2.75, 3.05) is 19.8 Å². The monoisotopic (exact) mass is 251 g/mol. The first-order chi connectivity index (χ1) is 8.55. The Balaban J connectivity index is 2.00. The van der Waals surface area contributed by atoms with Crippen LogP contribution in [0.25, 0.3) is 0 Å². The average Bonchev–Trinajstić information content (AvgIpc) is 2.86. The number of morpholine rings is 1. The number of hydrogen-bond donors (Lipinski definition) is 1. The van der Waals surface area contributed by atoms with Crippen LogP contribution in [0.5, 0.6) is 0 Å². The number of hydrogen-bond acceptors (Lipinski definition) is 4. The molecule has 0 aromatic carbocycles. The van der Waals surface area contributed by atoms with Gasteiger partial charge in [-0.05, 0) is 26.8 Å². The van der Waals surface area contributed by atoms with Crippen LogP contribution in [-0.2, 0) is 9.47 Å². The first-order valence-corrected chi connectivity index (χ1v) is 6.61. The maximum atomic E-state index is 6.19. The molecule has 2 unspecified atom stereocenters. The van der Waals surface area contributed by atoms with Crippen LogP contribution in [0, 0.1) is 6.92 Å². The summed E-state index contributed by atoms with van der Waals surface area (Å²) in [4.78, 5) is 0. The van der Waals surface area contributed by atoms with E-state index >= 15 is 0 Å². The second-order valence-corrected chi connectivity index (χ2v) is 5.72. The minimum Gasteiger partial charge on any atom is -0.469 e. The molecule has 1 aromatic heterocycles. The highest BCUT2D eigenvalue weighted by molar-refractivity contribution is 5.25. The molecular weight excluding hydrogens is 230 g/mol. The van der Waals surface area contributed by atoms with Crippen molar-refractivity contribution in [2.45, 2.75) is 44.4 Å². The van der Waals surface area contributed by atoms with Gasteiger partial charge in [0.1, 0.15) is 11.4 Å². The Morgan fingerprint density at radius 3 is 2.72 bits per heavy atom. The molecule has 4 nitrogen and oxygen atoms in total. The molecule has 2 aliphatic rings. The zero-order valence-electron chi connectivity index (χ0n) is 11.3. The van der Waals surface area contributed by atoms with Gasteiger partial charge >= 0.3 is 0 Å². The van der Waals surface area contributed by atoms with Gasteiger partial charge < -0.3 is 19.2 Å². The zero-order valence-corrected chi connectivity index (χ0v) is 11.3. The Bertz CT molecular complexity index is 440. The zero-order chi connectivity index (χ0) is 12.8. The van der Waals surface area contributed by atoms with E-state index in [1.807, 2.05) is 13.2 Å². The van der Waals surface area contributed by atoms with Gasteiger partial charge in [-0.25, -0.2) is 0 Å². The second kappa shape index (κ2) is 4.08. The number of ether oxygens (including phenoxy) is 2. The van der Waals surface area contributed by atoms with Crippen LogP contribution in [0.2, 0.25) is 0 Å².